The average molecular weight is 466 g/mol. The van der Waals surface area contributed by atoms with Crippen LogP contribution in [-0.4, -0.2) is 32.4 Å². The number of nitrogens with one attached hydrogen (secondary N) is 1. The van der Waals surface area contributed by atoms with E-state index in [-0.39, 0.29) is 29.2 Å². The first-order valence-electron chi connectivity index (χ1n) is 9.12. The summed E-state index contributed by atoms with van der Waals surface area (Å²) < 4.78 is 55.3. The summed E-state index contributed by atoms with van der Waals surface area (Å²) in [5.41, 5.74) is 5.04. The van der Waals surface area contributed by atoms with Gasteiger partial charge in [-0.1, -0.05) is 11.6 Å². The number of carbonyl (C=O) groups is 1. The maximum Gasteiger partial charge on any atom is 0.252 e. The van der Waals surface area contributed by atoms with Crippen molar-refractivity contribution in [2.24, 2.45) is 5.73 Å². The van der Waals surface area contributed by atoms with Crippen LogP contribution >= 0.6 is 11.6 Å². The molecule has 1 amide bonds. The first-order chi connectivity index (χ1) is 14.7. The third-order valence-electron chi connectivity index (χ3n) is 4.44. The molecule has 0 saturated carbocycles. The molecule has 0 saturated heterocycles. The molecule has 0 aliphatic heterocycles. The van der Waals surface area contributed by atoms with Gasteiger partial charge in [-0.15, -0.1) is 0 Å². The molecule has 0 spiro atoms. The fourth-order valence-corrected chi connectivity index (χ4v) is 4.83. The Bertz CT molecular complexity index is 1190. The van der Waals surface area contributed by atoms with Crippen LogP contribution in [0.3, 0.4) is 0 Å². The number of halogens is 3. The Morgan fingerprint density at radius 3 is 2.42 bits per heavy atom. The molecule has 0 aliphatic carbocycles. The minimum absolute atomic E-state index is 0.0742. The number of aromatic nitrogens is 1. The van der Waals surface area contributed by atoms with E-state index in [9.17, 15) is 22.0 Å². The Labute approximate surface area is 183 Å². The van der Waals surface area contributed by atoms with Crippen molar-refractivity contribution in [2.45, 2.75) is 10.1 Å². The van der Waals surface area contributed by atoms with Crippen LogP contribution in [0.4, 0.5) is 8.78 Å². The number of benzene rings is 2. The molecule has 6 nitrogen and oxygen atoms in total. The second kappa shape index (κ2) is 9.51. The molecule has 31 heavy (non-hydrogen) atoms. The standard InChI is InChI=1S/C21H18ClF2N3O3S/c22-14-2-5-16(6-3-14)31(29,30)20(17-11-15(23)4-7-18(17)24)19-8-1-13(12-27-19)21(28)26-10-9-25/h1-8,11-12,20H,9-10,25H2,(H,26,28). The van der Waals surface area contributed by atoms with Gasteiger partial charge in [-0.2, -0.15) is 0 Å². The summed E-state index contributed by atoms with van der Waals surface area (Å²) in [5.74, 6) is -2.15. The zero-order chi connectivity index (χ0) is 22.6. The van der Waals surface area contributed by atoms with Crippen LogP contribution in [0.2, 0.25) is 5.02 Å². The summed E-state index contributed by atoms with van der Waals surface area (Å²) in [4.78, 5) is 16.0. The van der Waals surface area contributed by atoms with Gasteiger partial charge in [0.25, 0.3) is 5.91 Å². The molecular formula is C21H18ClF2N3O3S. The van der Waals surface area contributed by atoms with Gasteiger partial charge >= 0.3 is 0 Å². The summed E-state index contributed by atoms with van der Waals surface area (Å²) in [6, 6.07) is 10.5. The molecule has 2 aromatic carbocycles. The van der Waals surface area contributed by atoms with Crippen LogP contribution in [0.15, 0.2) is 65.7 Å². The maximum absolute atomic E-state index is 14.6. The van der Waals surface area contributed by atoms with Crippen molar-refractivity contribution in [3.05, 3.63) is 94.3 Å². The Morgan fingerprint density at radius 1 is 1.10 bits per heavy atom. The van der Waals surface area contributed by atoms with Crippen LogP contribution in [0.25, 0.3) is 0 Å². The lowest BCUT2D eigenvalue weighted by Crippen LogP contribution is -2.29. The Hall–Kier alpha value is -2.88. The van der Waals surface area contributed by atoms with Crippen molar-refractivity contribution in [1.82, 2.24) is 10.3 Å². The van der Waals surface area contributed by atoms with E-state index < -0.39 is 38.2 Å². The molecule has 3 aromatic rings. The van der Waals surface area contributed by atoms with Crippen LogP contribution in [0, 0.1) is 11.6 Å². The van der Waals surface area contributed by atoms with Crippen molar-refractivity contribution < 1.29 is 22.0 Å². The molecule has 1 unspecified atom stereocenters. The number of amides is 1. The van der Waals surface area contributed by atoms with Gasteiger partial charge in [0.05, 0.1) is 16.2 Å². The van der Waals surface area contributed by atoms with Gasteiger partial charge in [0.15, 0.2) is 9.84 Å². The van der Waals surface area contributed by atoms with Crippen molar-refractivity contribution in [3.8, 4) is 0 Å². The highest BCUT2D eigenvalue weighted by molar-refractivity contribution is 7.91. The molecule has 3 N–H and O–H groups in total. The number of hydrogen-bond donors (Lipinski definition) is 2. The SMILES string of the molecule is NCCNC(=O)c1ccc(C(c2cc(F)ccc2F)S(=O)(=O)c2ccc(Cl)cc2)nc1. The normalized spacial score (nSPS) is 12.4. The highest BCUT2D eigenvalue weighted by atomic mass is 35.5. The number of hydrogen-bond acceptors (Lipinski definition) is 5. The molecule has 1 heterocycles. The number of pyridine rings is 1. The lowest BCUT2D eigenvalue weighted by atomic mass is 10.1. The summed E-state index contributed by atoms with van der Waals surface area (Å²) in [5, 5.41) is 1.23. The zero-order valence-corrected chi connectivity index (χ0v) is 17.6. The van der Waals surface area contributed by atoms with E-state index in [2.05, 4.69) is 10.3 Å². The summed E-state index contributed by atoms with van der Waals surface area (Å²) >= 11 is 5.84. The molecule has 1 atom stereocenters. The lowest BCUT2D eigenvalue weighted by Gasteiger charge is -2.19. The molecule has 0 bridgehead atoms. The van der Waals surface area contributed by atoms with Gasteiger partial charge in [-0.25, -0.2) is 17.2 Å². The average Bonchev–Trinajstić information content (AvgIpc) is 2.75. The maximum atomic E-state index is 14.6. The predicted molar refractivity (Wildman–Crippen MR) is 112 cm³/mol. The van der Waals surface area contributed by atoms with E-state index in [1.807, 2.05) is 0 Å². The fraction of sp³-hybridized carbons (Fsp3) is 0.143. The van der Waals surface area contributed by atoms with Crippen LogP contribution in [0.1, 0.15) is 26.9 Å². The number of nitrogens with zero attached hydrogens (tertiary/aromatic N) is 1. The minimum atomic E-state index is -4.26. The smallest absolute Gasteiger partial charge is 0.252 e. The second-order valence-corrected chi connectivity index (χ2v) is 9.03. The van der Waals surface area contributed by atoms with E-state index in [1.54, 1.807) is 0 Å². The van der Waals surface area contributed by atoms with Crippen LogP contribution in [-0.2, 0) is 9.84 Å². The molecule has 1 aromatic heterocycles. The van der Waals surface area contributed by atoms with Gasteiger partial charge in [0.2, 0.25) is 0 Å². The van der Waals surface area contributed by atoms with Crippen LogP contribution < -0.4 is 11.1 Å². The number of carbonyl (C=O) groups excluding carboxylic acids is 1. The molecule has 3 rings (SSSR count). The van der Waals surface area contributed by atoms with Crippen molar-refractivity contribution in [3.63, 3.8) is 0 Å². The minimum Gasteiger partial charge on any atom is -0.351 e. The Morgan fingerprint density at radius 2 is 1.81 bits per heavy atom. The second-order valence-electron chi connectivity index (χ2n) is 6.56. The van der Waals surface area contributed by atoms with E-state index in [0.717, 1.165) is 18.2 Å². The van der Waals surface area contributed by atoms with Gasteiger partial charge in [0, 0.05) is 29.9 Å². The van der Waals surface area contributed by atoms with Crippen molar-refractivity contribution in [2.75, 3.05) is 13.1 Å². The van der Waals surface area contributed by atoms with E-state index in [0.29, 0.717) is 5.02 Å². The topological polar surface area (TPSA) is 102 Å². The zero-order valence-electron chi connectivity index (χ0n) is 16.1. The first-order valence-corrected chi connectivity index (χ1v) is 11.0. The quantitative estimate of drug-likeness (QED) is 0.557. The van der Waals surface area contributed by atoms with Gasteiger partial charge in [-0.3, -0.25) is 9.78 Å². The molecular weight excluding hydrogens is 448 g/mol. The molecule has 10 heteroatoms. The van der Waals surface area contributed by atoms with E-state index >= 15 is 0 Å². The molecule has 0 aliphatic rings. The van der Waals surface area contributed by atoms with Crippen LogP contribution in [0.5, 0.6) is 0 Å². The van der Waals surface area contributed by atoms with E-state index in [1.165, 1.54) is 42.6 Å². The largest absolute Gasteiger partial charge is 0.351 e. The molecule has 162 valence electrons. The molecule has 0 fully saturated rings. The highest BCUT2D eigenvalue weighted by Crippen LogP contribution is 2.36. The third kappa shape index (κ3) is 5.07. The fourth-order valence-electron chi connectivity index (χ4n) is 2.94. The van der Waals surface area contributed by atoms with E-state index in [4.69, 9.17) is 17.3 Å². The van der Waals surface area contributed by atoms with Gasteiger partial charge < -0.3 is 11.1 Å². The third-order valence-corrected chi connectivity index (χ3v) is 6.74. The predicted octanol–water partition coefficient (Wildman–Crippen LogP) is 3.27. The van der Waals surface area contributed by atoms with Crippen molar-refractivity contribution in [1.29, 1.82) is 0 Å². The monoisotopic (exact) mass is 465 g/mol. The number of rotatable bonds is 7. The molecule has 0 radical (unpaired) electrons. The summed E-state index contributed by atoms with van der Waals surface area (Å²) in [6.07, 6.45) is 1.17. The first kappa shape index (κ1) is 22.8. The van der Waals surface area contributed by atoms with Crippen molar-refractivity contribution >= 4 is 27.3 Å². The van der Waals surface area contributed by atoms with Gasteiger partial charge in [-0.05, 0) is 54.6 Å². The highest BCUT2D eigenvalue weighted by Gasteiger charge is 2.34. The lowest BCUT2D eigenvalue weighted by molar-refractivity contribution is 0.0954. The number of nitrogens with two attached hydrogens (primary N) is 1. The summed E-state index contributed by atoms with van der Waals surface area (Å²) in [7, 11) is -4.26. The number of sulfone groups is 1. The Balaban J connectivity index is 2.12. The summed E-state index contributed by atoms with van der Waals surface area (Å²) in [6.45, 7) is 0.500. The Kier molecular flexibility index (Phi) is 6.99. The van der Waals surface area contributed by atoms with Gasteiger partial charge in [0.1, 0.15) is 16.9 Å².